The molecule has 0 N–H and O–H groups in total. The molecule has 12 heavy (non-hydrogen) atoms. The van der Waals surface area contributed by atoms with Crippen molar-refractivity contribution in [1.82, 2.24) is 0 Å². The third-order valence-electron chi connectivity index (χ3n) is 3.27. The second-order valence-electron chi connectivity index (χ2n) is 4.12. The first-order chi connectivity index (χ1) is 5.70. The summed E-state index contributed by atoms with van der Waals surface area (Å²) in [5.74, 6) is 1.60. The molecule has 0 radical (unpaired) electrons. The Morgan fingerprint density at radius 2 is 2.00 bits per heavy atom. The number of fused-ring (bicyclic) bond motifs is 1. The molecule has 1 aromatic rings. The number of rotatable bonds is 0. The summed E-state index contributed by atoms with van der Waals surface area (Å²) in [5.41, 5.74) is 4.67. The molecule has 0 aliphatic heterocycles. The van der Waals surface area contributed by atoms with Gasteiger partial charge in [0, 0.05) is 0 Å². The number of hydrogen-bond donors (Lipinski definition) is 0. The second-order valence-corrected chi connectivity index (χ2v) is 4.12. The Hall–Kier alpha value is -0.780. The van der Waals surface area contributed by atoms with E-state index in [-0.39, 0.29) is 0 Å². The molecule has 0 nitrogen and oxygen atoms in total. The largest absolute Gasteiger partial charge is 0.0617 e. The maximum atomic E-state index is 2.35. The monoisotopic (exact) mass is 160 g/mol. The molecule has 0 saturated carbocycles. The molecule has 1 aliphatic rings. The summed E-state index contributed by atoms with van der Waals surface area (Å²) in [6, 6.07) is 6.69. The fourth-order valence-electron chi connectivity index (χ4n) is 2.38. The molecule has 1 aromatic carbocycles. The van der Waals surface area contributed by atoms with Crippen LogP contribution in [0.3, 0.4) is 0 Å². The summed E-state index contributed by atoms with van der Waals surface area (Å²) in [4.78, 5) is 0. The van der Waals surface area contributed by atoms with Gasteiger partial charge in [0.25, 0.3) is 0 Å². The topological polar surface area (TPSA) is 0 Å². The van der Waals surface area contributed by atoms with Gasteiger partial charge in [-0.1, -0.05) is 32.0 Å². The van der Waals surface area contributed by atoms with Gasteiger partial charge < -0.3 is 0 Å². The predicted molar refractivity (Wildman–Crippen MR) is 52.5 cm³/mol. The summed E-state index contributed by atoms with van der Waals surface area (Å²) in [7, 11) is 0. The maximum absolute atomic E-state index is 2.35. The fraction of sp³-hybridized carbons (Fsp3) is 0.500. The van der Waals surface area contributed by atoms with Crippen LogP contribution in [0.15, 0.2) is 18.2 Å². The first-order valence-corrected chi connectivity index (χ1v) is 4.78. The zero-order chi connectivity index (χ0) is 8.72. The number of hydrogen-bond acceptors (Lipinski definition) is 0. The summed E-state index contributed by atoms with van der Waals surface area (Å²) < 4.78 is 0. The van der Waals surface area contributed by atoms with Crippen LogP contribution in [0.4, 0.5) is 0 Å². The van der Waals surface area contributed by atoms with Gasteiger partial charge in [0.15, 0.2) is 0 Å². The van der Waals surface area contributed by atoms with Gasteiger partial charge in [0.05, 0.1) is 0 Å². The van der Waals surface area contributed by atoms with Crippen LogP contribution in [0.5, 0.6) is 0 Å². The van der Waals surface area contributed by atoms with Crippen LogP contribution < -0.4 is 0 Å². The lowest BCUT2D eigenvalue weighted by Crippen LogP contribution is -1.98. The van der Waals surface area contributed by atoms with Gasteiger partial charge >= 0.3 is 0 Å². The summed E-state index contributed by atoms with van der Waals surface area (Å²) in [6.07, 6.45) is 1.28. The molecule has 2 atom stereocenters. The molecule has 2 rings (SSSR count). The summed E-state index contributed by atoms with van der Waals surface area (Å²) >= 11 is 0. The Kier molecular flexibility index (Phi) is 1.71. The van der Waals surface area contributed by atoms with Crippen molar-refractivity contribution in [2.45, 2.75) is 33.1 Å². The molecule has 0 spiro atoms. The maximum Gasteiger partial charge on any atom is -0.0156 e. The van der Waals surface area contributed by atoms with Crippen molar-refractivity contribution in [3.8, 4) is 0 Å². The highest BCUT2D eigenvalue weighted by Crippen LogP contribution is 2.38. The molecule has 0 heteroatoms. The predicted octanol–water partition coefficient (Wildman–Crippen LogP) is 3.29. The highest BCUT2D eigenvalue weighted by Gasteiger charge is 2.26. The van der Waals surface area contributed by atoms with Crippen LogP contribution in [0.2, 0.25) is 0 Å². The minimum Gasteiger partial charge on any atom is -0.0617 e. The van der Waals surface area contributed by atoms with Crippen molar-refractivity contribution in [3.63, 3.8) is 0 Å². The van der Waals surface area contributed by atoms with Crippen molar-refractivity contribution in [3.05, 3.63) is 34.9 Å². The SMILES string of the molecule is Cc1cccc2c1[C@@H](C)[C@@H](C)C2. The van der Waals surface area contributed by atoms with E-state index < -0.39 is 0 Å². The van der Waals surface area contributed by atoms with E-state index in [9.17, 15) is 0 Å². The standard InChI is InChI=1S/C12H16/c1-8-5-4-6-11-7-9(2)10(3)12(8)11/h4-6,9-10H,7H2,1-3H3/t9-,10-/m0/s1. The van der Waals surface area contributed by atoms with Crippen LogP contribution in [0, 0.1) is 12.8 Å². The number of aryl methyl sites for hydroxylation is 1. The van der Waals surface area contributed by atoms with Crippen LogP contribution in [0.25, 0.3) is 0 Å². The lowest BCUT2D eigenvalue weighted by atomic mass is 9.94. The molecule has 0 fully saturated rings. The third-order valence-corrected chi connectivity index (χ3v) is 3.27. The third kappa shape index (κ3) is 0.979. The molecule has 0 bridgehead atoms. The molecular formula is C12H16. The molecule has 0 heterocycles. The van der Waals surface area contributed by atoms with Gasteiger partial charge in [-0.2, -0.15) is 0 Å². The molecule has 64 valence electrons. The van der Waals surface area contributed by atoms with Crippen molar-refractivity contribution < 1.29 is 0 Å². The first-order valence-electron chi connectivity index (χ1n) is 4.78. The van der Waals surface area contributed by atoms with Crippen molar-refractivity contribution in [1.29, 1.82) is 0 Å². The van der Waals surface area contributed by atoms with Crippen LogP contribution in [-0.2, 0) is 6.42 Å². The lowest BCUT2D eigenvalue weighted by molar-refractivity contribution is 0.531. The Bertz CT molecular complexity index is 299. The van der Waals surface area contributed by atoms with Gasteiger partial charge in [-0.25, -0.2) is 0 Å². The van der Waals surface area contributed by atoms with E-state index >= 15 is 0 Å². The molecule has 0 aromatic heterocycles. The Morgan fingerprint density at radius 1 is 1.25 bits per heavy atom. The zero-order valence-electron chi connectivity index (χ0n) is 8.09. The van der Waals surface area contributed by atoms with Crippen LogP contribution in [0.1, 0.15) is 36.5 Å². The van der Waals surface area contributed by atoms with Gasteiger partial charge in [-0.15, -0.1) is 0 Å². The van der Waals surface area contributed by atoms with Gasteiger partial charge in [-0.05, 0) is 41.9 Å². The van der Waals surface area contributed by atoms with Crippen molar-refractivity contribution in [2.75, 3.05) is 0 Å². The normalized spacial score (nSPS) is 27.2. The Morgan fingerprint density at radius 3 is 2.67 bits per heavy atom. The van der Waals surface area contributed by atoms with E-state index in [1.165, 1.54) is 12.0 Å². The van der Waals surface area contributed by atoms with Crippen molar-refractivity contribution >= 4 is 0 Å². The molecule has 1 aliphatic carbocycles. The average molecular weight is 160 g/mol. The van der Waals surface area contributed by atoms with Gasteiger partial charge in [-0.3, -0.25) is 0 Å². The van der Waals surface area contributed by atoms with E-state index in [0.717, 1.165) is 11.8 Å². The average Bonchev–Trinajstić information content (AvgIpc) is 2.29. The first kappa shape index (κ1) is 7.85. The second kappa shape index (κ2) is 2.62. The van der Waals surface area contributed by atoms with Gasteiger partial charge in [0.2, 0.25) is 0 Å². The minimum absolute atomic E-state index is 0.765. The van der Waals surface area contributed by atoms with E-state index in [4.69, 9.17) is 0 Å². The lowest BCUT2D eigenvalue weighted by Gasteiger charge is -2.11. The van der Waals surface area contributed by atoms with E-state index in [1.54, 1.807) is 11.1 Å². The van der Waals surface area contributed by atoms with Crippen LogP contribution in [-0.4, -0.2) is 0 Å². The molecule has 0 amide bonds. The summed E-state index contributed by atoms with van der Waals surface area (Å²) in [6.45, 7) is 6.93. The van der Waals surface area contributed by atoms with Gasteiger partial charge in [0.1, 0.15) is 0 Å². The van der Waals surface area contributed by atoms with Crippen molar-refractivity contribution in [2.24, 2.45) is 5.92 Å². The molecule has 0 saturated heterocycles. The zero-order valence-corrected chi connectivity index (χ0v) is 8.09. The molecule has 0 unspecified atom stereocenters. The Balaban J connectivity index is 2.55. The minimum atomic E-state index is 0.765. The quantitative estimate of drug-likeness (QED) is 0.546. The van der Waals surface area contributed by atoms with Crippen LogP contribution >= 0.6 is 0 Å². The smallest absolute Gasteiger partial charge is 0.0156 e. The number of benzene rings is 1. The summed E-state index contributed by atoms with van der Waals surface area (Å²) in [5, 5.41) is 0. The fourth-order valence-corrected chi connectivity index (χ4v) is 2.38. The van der Waals surface area contributed by atoms with E-state index in [2.05, 4.69) is 39.0 Å². The molecular weight excluding hydrogens is 144 g/mol. The highest BCUT2D eigenvalue weighted by atomic mass is 14.3. The Labute approximate surface area is 74.6 Å². The highest BCUT2D eigenvalue weighted by molar-refractivity contribution is 5.41. The van der Waals surface area contributed by atoms with E-state index in [0.29, 0.717) is 0 Å². The van der Waals surface area contributed by atoms with E-state index in [1.807, 2.05) is 0 Å².